The summed E-state index contributed by atoms with van der Waals surface area (Å²) in [5.74, 6) is 1.37. The lowest BCUT2D eigenvalue weighted by molar-refractivity contribution is 0.215. The Morgan fingerprint density at radius 2 is 1.60 bits per heavy atom. The van der Waals surface area contributed by atoms with Crippen LogP contribution in [-0.2, 0) is 11.4 Å². The van der Waals surface area contributed by atoms with Crippen LogP contribution in [0, 0.1) is 27.7 Å². The first-order valence-electron chi connectivity index (χ1n) is 8.02. The van der Waals surface area contributed by atoms with E-state index in [1.807, 2.05) is 18.2 Å². The van der Waals surface area contributed by atoms with E-state index in [1.165, 1.54) is 39.4 Å². The molecule has 5 heteroatoms. The number of ether oxygens (including phenoxy) is 2. The lowest BCUT2D eigenvalue weighted by Crippen LogP contribution is -2.06. The van der Waals surface area contributed by atoms with Gasteiger partial charge in [-0.25, -0.2) is 0 Å². The van der Waals surface area contributed by atoms with Gasteiger partial charge in [-0.3, -0.25) is 0 Å². The number of methoxy groups -OCH3 is 1. The lowest BCUT2D eigenvalue weighted by Gasteiger charge is -2.19. The fourth-order valence-corrected chi connectivity index (χ4v) is 3.30. The van der Waals surface area contributed by atoms with E-state index in [2.05, 4.69) is 48.8 Å². The molecule has 0 saturated carbocycles. The summed E-state index contributed by atoms with van der Waals surface area (Å²) in [6.45, 7) is 9.01. The van der Waals surface area contributed by atoms with E-state index in [9.17, 15) is 0 Å². The highest BCUT2D eigenvalue weighted by Crippen LogP contribution is 2.33. The van der Waals surface area contributed by atoms with Crippen LogP contribution in [0.25, 0.3) is 0 Å². The standard InChI is InChI=1S/C20H24BrNO3/c1-12-14(3)20(21)15(4)13(2)17(12)11-25-18-8-7-16(10-22-24-6)9-19(18)23-5/h7-10H,11H2,1-6H3/b22-10+. The predicted molar refractivity (Wildman–Crippen MR) is 105 cm³/mol. The summed E-state index contributed by atoms with van der Waals surface area (Å²) in [5, 5.41) is 3.77. The number of benzene rings is 2. The summed E-state index contributed by atoms with van der Waals surface area (Å²) in [7, 11) is 3.14. The van der Waals surface area contributed by atoms with E-state index >= 15 is 0 Å². The maximum atomic E-state index is 6.07. The normalized spacial score (nSPS) is 11.0. The van der Waals surface area contributed by atoms with Crippen LogP contribution in [0.2, 0.25) is 0 Å². The summed E-state index contributed by atoms with van der Waals surface area (Å²) < 4.78 is 12.7. The van der Waals surface area contributed by atoms with E-state index in [1.54, 1.807) is 13.3 Å². The molecule has 0 radical (unpaired) electrons. The predicted octanol–water partition coefficient (Wildman–Crippen LogP) is 5.25. The first-order valence-corrected chi connectivity index (χ1v) is 8.82. The first-order chi connectivity index (χ1) is 11.9. The molecule has 0 aromatic heterocycles. The van der Waals surface area contributed by atoms with Crippen molar-refractivity contribution < 1.29 is 14.3 Å². The second-order valence-corrected chi connectivity index (χ2v) is 6.70. The Balaban J connectivity index is 2.29. The maximum Gasteiger partial charge on any atom is 0.161 e. The molecular formula is C20H24BrNO3. The molecular weight excluding hydrogens is 382 g/mol. The summed E-state index contributed by atoms with van der Waals surface area (Å²) in [4.78, 5) is 4.71. The Morgan fingerprint density at radius 1 is 0.960 bits per heavy atom. The van der Waals surface area contributed by atoms with Crippen molar-refractivity contribution in [2.75, 3.05) is 14.2 Å². The van der Waals surface area contributed by atoms with Crippen LogP contribution in [0.1, 0.15) is 33.4 Å². The van der Waals surface area contributed by atoms with Crippen LogP contribution in [-0.4, -0.2) is 20.4 Å². The number of hydrogen-bond acceptors (Lipinski definition) is 4. The number of rotatable bonds is 6. The van der Waals surface area contributed by atoms with Gasteiger partial charge in [-0.1, -0.05) is 21.1 Å². The Kier molecular flexibility index (Phi) is 6.48. The van der Waals surface area contributed by atoms with Crippen molar-refractivity contribution in [2.45, 2.75) is 34.3 Å². The highest BCUT2D eigenvalue weighted by molar-refractivity contribution is 9.10. The Morgan fingerprint density at radius 3 is 2.16 bits per heavy atom. The quantitative estimate of drug-likeness (QED) is 0.486. The van der Waals surface area contributed by atoms with Crippen LogP contribution < -0.4 is 9.47 Å². The average Bonchev–Trinajstić information content (AvgIpc) is 2.63. The molecule has 2 rings (SSSR count). The molecule has 2 aromatic rings. The molecule has 0 fully saturated rings. The van der Waals surface area contributed by atoms with Gasteiger partial charge in [-0.15, -0.1) is 0 Å². The van der Waals surface area contributed by atoms with Gasteiger partial charge >= 0.3 is 0 Å². The Labute approximate surface area is 157 Å². The van der Waals surface area contributed by atoms with Crippen LogP contribution in [0.15, 0.2) is 27.8 Å². The van der Waals surface area contributed by atoms with Gasteiger partial charge in [0.2, 0.25) is 0 Å². The summed E-state index contributed by atoms with van der Waals surface area (Å²) in [5.41, 5.74) is 7.09. The number of nitrogens with zero attached hydrogens (tertiary/aromatic N) is 1. The highest BCUT2D eigenvalue weighted by atomic mass is 79.9. The van der Waals surface area contributed by atoms with Gasteiger partial charge in [-0.05, 0) is 73.7 Å². The molecule has 0 atom stereocenters. The molecule has 4 nitrogen and oxygen atoms in total. The maximum absolute atomic E-state index is 6.07. The van der Waals surface area contributed by atoms with E-state index < -0.39 is 0 Å². The zero-order chi connectivity index (χ0) is 18.6. The van der Waals surface area contributed by atoms with Crippen molar-refractivity contribution in [3.8, 4) is 11.5 Å². The summed E-state index contributed by atoms with van der Waals surface area (Å²) >= 11 is 3.68. The van der Waals surface area contributed by atoms with E-state index in [0.29, 0.717) is 18.1 Å². The van der Waals surface area contributed by atoms with Crippen molar-refractivity contribution in [3.63, 3.8) is 0 Å². The molecule has 0 bridgehead atoms. The largest absolute Gasteiger partial charge is 0.493 e. The monoisotopic (exact) mass is 405 g/mol. The molecule has 134 valence electrons. The van der Waals surface area contributed by atoms with Gasteiger partial charge < -0.3 is 14.3 Å². The minimum Gasteiger partial charge on any atom is -0.493 e. The Hall–Kier alpha value is -2.01. The van der Waals surface area contributed by atoms with Gasteiger partial charge in [0.15, 0.2) is 11.5 Å². The SMILES string of the molecule is CO/N=C/c1ccc(OCc2c(C)c(C)c(Br)c(C)c2C)c(OC)c1. The minimum absolute atomic E-state index is 0.495. The van der Waals surface area contributed by atoms with Gasteiger partial charge in [0.25, 0.3) is 0 Å². The molecule has 25 heavy (non-hydrogen) atoms. The molecule has 0 aliphatic rings. The van der Waals surface area contributed by atoms with Crippen LogP contribution in [0.3, 0.4) is 0 Å². The van der Waals surface area contributed by atoms with Crippen molar-refractivity contribution in [2.24, 2.45) is 5.16 Å². The third-order valence-electron chi connectivity index (χ3n) is 4.56. The second-order valence-electron chi connectivity index (χ2n) is 5.91. The van der Waals surface area contributed by atoms with E-state index in [-0.39, 0.29) is 0 Å². The van der Waals surface area contributed by atoms with Crippen molar-refractivity contribution in [1.82, 2.24) is 0 Å². The minimum atomic E-state index is 0.495. The summed E-state index contributed by atoms with van der Waals surface area (Å²) in [6, 6.07) is 5.67. The molecule has 0 N–H and O–H groups in total. The summed E-state index contributed by atoms with van der Waals surface area (Å²) in [6.07, 6.45) is 1.63. The smallest absolute Gasteiger partial charge is 0.161 e. The fraction of sp³-hybridized carbons (Fsp3) is 0.350. The van der Waals surface area contributed by atoms with Crippen LogP contribution in [0.5, 0.6) is 11.5 Å². The first kappa shape index (κ1) is 19.3. The molecule has 0 saturated heterocycles. The van der Waals surface area contributed by atoms with Crippen LogP contribution in [0.4, 0.5) is 0 Å². The molecule has 2 aromatic carbocycles. The van der Waals surface area contributed by atoms with E-state index in [0.717, 1.165) is 5.56 Å². The van der Waals surface area contributed by atoms with Crippen molar-refractivity contribution in [3.05, 3.63) is 56.1 Å². The number of hydrogen-bond donors (Lipinski definition) is 0. The van der Waals surface area contributed by atoms with Gasteiger partial charge in [-0.2, -0.15) is 0 Å². The molecule has 0 heterocycles. The van der Waals surface area contributed by atoms with Crippen molar-refractivity contribution >= 4 is 22.1 Å². The fourth-order valence-electron chi connectivity index (χ4n) is 2.71. The topological polar surface area (TPSA) is 40.0 Å². The van der Waals surface area contributed by atoms with Crippen LogP contribution >= 0.6 is 15.9 Å². The molecule has 0 aliphatic heterocycles. The average molecular weight is 406 g/mol. The Bertz CT molecular complexity index is 771. The van der Waals surface area contributed by atoms with Crippen molar-refractivity contribution in [1.29, 1.82) is 0 Å². The highest BCUT2D eigenvalue weighted by Gasteiger charge is 2.14. The number of oxime groups is 1. The van der Waals surface area contributed by atoms with Gasteiger partial charge in [0.05, 0.1) is 13.3 Å². The van der Waals surface area contributed by atoms with Gasteiger partial charge in [0, 0.05) is 10.0 Å². The van der Waals surface area contributed by atoms with Gasteiger partial charge in [0.1, 0.15) is 13.7 Å². The molecule has 0 unspecified atom stereocenters. The lowest BCUT2D eigenvalue weighted by atomic mass is 9.95. The van der Waals surface area contributed by atoms with E-state index in [4.69, 9.17) is 14.3 Å². The third-order valence-corrected chi connectivity index (χ3v) is 5.75. The number of halogens is 1. The molecule has 0 amide bonds. The zero-order valence-electron chi connectivity index (χ0n) is 15.6. The second kappa shape index (κ2) is 8.39. The molecule has 0 aliphatic carbocycles. The third kappa shape index (κ3) is 4.15. The molecule has 0 spiro atoms. The zero-order valence-corrected chi connectivity index (χ0v) is 17.2.